The molecule has 0 saturated heterocycles. The van der Waals surface area contributed by atoms with Crippen LogP contribution in [-0.4, -0.2) is 23.3 Å². The molecule has 0 aliphatic heterocycles. The average molecular weight is 427 g/mol. The van der Waals surface area contributed by atoms with Gasteiger partial charge in [0.2, 0.25) is 0 Å². The van der Waals surface area contributed by atoms with Crippen LogP contribution in [0.15, 0.2) is 83.1 Å². The highest BCUT2D eigenvalue weighted by atomic mass is 16.5. The molecular weight excluding hydrogens is 384 g/mol. The molecule has 1 N–H and O–H groups in total. The molecule has 0 aromatic carbocycles. The molecule has 31 heavy (non-hydrogen) atoms. The normalized spacial score (nSPS) is 18.6. The Labute approximate surface area is 190 Å². The topological polar surface area (TPSA) is 46.5 Å². The number of hydrogen-bond donors (Lipinski definition) is 1. The monoisotopic (exact) mass is 426 g/mol. The molecular formula is C28H42O3. The van der Waals surface area contributed by atoms with Gasteiger partial charge in [0.1, 0.15) is 6.10 Å². The smallest absolute Gasteiger partial charge is 0.302 e. The first kappa shape index (κ1) is 28.6. The summed E-state index contributed by atoms with van der Waals surface area (Å²) in [6.45, 7) is 17.3. The maximum absolute atomic E-state index is 11.1. The van der Waals surface area contributed by atoms with Gasteiger partial charge in [-0.05, 0) is 53.0 Å². The molecule has 3 nitrogen and oxygen atoms in total. The molecule has 0 saturated carbocycles. The predicted octanol–water partition coefficient (Wildman–Crippen LogP) is 7.04. The summed E-state index contributed by atoms with van der Waals surface area (Å²) in [5.41, 5.74) is 4.44. The summed E-state index contributed by atoms with van der Waals surface area (Å²) < 4.78 is 5.20. The minimum absolute atomic E-state index is 0.171. The van der Waals surface area contributed by atoms with Gasteiger partial charge in [0.25, 0.3) is 0 Å². The van der Waals surface area contributed by atoms with Crippen LogP contribution in [0.4, 0.5) is 0 Å². The van der Waals surface area contributed by atoms with Gasteiger partial charge in [-0.15, -0.1) is 0 Å². The molecule has 4 unspecified atom stereocenters. The number of allylic oxidation sites excluding steroid dienone is 13. The molecule has 0 aliphatic rings. The summed E-state index contributed by atoms with van der Waals surface area (Å²) in [7, 11) is 0. The molecule has 0 fully saturated rings. The van der Waals surface area contributed by atoms with Crippen molar-refractivity contribution in [3.63, 3.8) is 0 Å². The molecule has 172 valence electrons. The van der Waals surface area contributed by atoms with Crippen molar-refractivity contribution in [3.8, 4) is 0 Å². The first-order valence-electron chi connectivity index (χ1n) is 11.0. The SMILES string of the molecule is CC=CC(C)=CC=CC(C)=CC=CC(C)=CC(C)C=C(C)C(O)C(C)C(C)OC(C)=O. The number of aliphatic hydroxyl groups is 1. The molecule has 3 heteroatoms. The van der Waals surface area contributed by atoms with Crippen LogP contribution in [-0.2, 0) is 9.53 Å². The van der Waals surface area contributed by atoms with E-state index in [-0.39, 0.29) is 23.9 Å². The summed E-state index contributed by atoms with van der Waals surface area (Å²) in [5, 5.41) is 10.6. The van der Waals surface area contributed by atoms with Crippen molar-refractivity contribution in [2.45, 2.75) is 74.5 Å². The van der Waals surface area contributed by atoms with Crippen LogP contribution in [0.3, 0.4) is 0 Å². The van der Waals surface area contributed by atoms with E-state index in [1.54, 1.807) is 0 Å². The van der Waals surface area contributed by atoms with E-state index in [4.69, 9.17) is 4.74 Å². The maximum atomic E-state index is 11.1. The fraction of sp³-hybridized carbons (Fsp3) is 0.464. The van der Waals surface area contributed by atoms with E-state index in [1.165, 1.54) is 18.1 Å². The molecule has 0 spiro atoms. The zero-order valence-electron chi connectivity index (χ0n) is 20.8. The van der Waals surface area contributed by atoms with Crippen molar-refractivity contribution in [3.05, 3.63) is 83.1 Å². The Hall–Kier alpha value is -2.39. The third kappa shape index (κ3) is 13.5. The zero-order chi connectivity index (χ0) is 24.0. The van der Waals surface area contributed by atoms with Crippen LogP contribution in [0.1, 0.15) is 62.3 Å². The van der Waals surface area contributed by atoms with Crippen LogP contribution in [0.5, 0.6) is 0 Å². The van der Waals surface area contributed by atoms with Crippen LogP contribution >= 0.6 is 0 Å². The van der Waals surface area contributed by atoms with Gasteiger partial charge in [0.05, 0.1) is 6.10 Å². The van der Waals surface area contributed by atoms with E-state index in [2.05, 4.69) is 82.4 Å². The molecule has 0 aliphatic carbocycles. The number of aliphatic hydroxyl groups excluding tert-OH is 1. The van der Waals surface area contributed by atoms with Crippen molar-refractivity contribution in [2.75, 3.05) is 0 Å². The van der Waals surface area contributed by atoms with Crippen LogP contribution in [0.25, 0.3) is 0 Å². The van der Waals surface area contributed by atoms with Gasteiger partial charge in [0.15, 0.2) is 0 Å². The maximum Gasteiger partial charge on any atom is 0.302 e. The van der Waals surface area contributed by atoms with Crippen molar-refractivity contribution >= 4 is 5.97 Å². The quantitative estimate of drug-likeness (QED) is 0.219. The zero-order valence-corrected chi connectivity index (χ0v) is 20.8. The molecule has 0 heterocycles. The van der Waals surface area contributed by atoms with Gasteiger partial charge < -0.3 is 9.84 Å². The van der Waals surface area contributed by atoms with Gasteiger partial charge in [-0.1, -0.05) is 91.3 Å². The lowest BCUT2D eigenvalue weighted by molar-refractivity contribution is -0.149. The van der Waals surface area contributed by atoms with Gasteiger partial charge in [0, 0.05) is 12.8 Å². The highest BCUT2D eigenvalue weighted by molar-refractivity contribution is 5.66. The lowest BCUT2D eigenvalue weighted by atomic mass is 9.91. The number of esters is 1. The van der Waals surface area contributed by atoms with Crippen LogP contribution < -0.4 is 0 Å². The summed E-state index contributed by atoms with van der Waals surface area (Å²) in [5.74, 6) is -0.317. The molecule has 0 bridgehead atoms. The third-order valence-corrected chi connectivity index (χ3v) is 4.97. The number of ether oxygens (including phenoxy) is 1. The number of carbonyl (C=O) groups is 1. The van der Waals surface area contributed by atoms with Gasteiger partial charge in [-0.2, -0.15) is 0 Å². The molecule has 0 radical (unpaired) electrons. The third-order valence-electron chi connectivity index (χ3n) is 4.97. The number of rotatable bonds is 11. The fourth-order valence-electron chi connectivity index (χ4n) is 3.15. The minimum atomic E-state index is -0.649. The second-order valence-corrected chi connectivity index (χ2v) is 8.34. The Morgan fingerprint density at radius 3 is 1.84 bits per heavy atom. The Morgan fingerprint density at radius 2 is 1.32 bits per heavy atom. The van der Waals surface area contributed by atoms with Crippen molar-refractivity contribution in [2.24, 2.45) is 11.8 Å². The van der Waals surface area contributed by atoms with E-state index in [0.29, 0.717) is 0 Å². The minimum Gasteiger partial charge on any atom is -0.462 e. The Kier molecular flexibility index (Phi) is 14.2. The Bertz CT molecular complexity index is 772. The summed E-state index contributed by atoms with van der Waals surface area (Å²) in [6.07, 6.45) is 19.8. The van der Waals surface area contributed by atoms with E-state index >= 15 is 0 Å². The largest absolute Gasteiger partial charge is 0.462 e. The molecule has 0 rings (SSSR count). The van der Waals surface area contributed by atoms with Crippen LogP contribution in [0, 0.1) is 11.8 Å². The second-order valence-electron chi connectivity index (χ2n) is 8.34. The first-order chi connectivity index (χ1) is 14.5. The summed E-state index contributed by atoms with van der Waals surface area (Å²) >= 11 is 0. The Morgan fingerprint density at radius 1 is 0.806 bits per heavy atom. The van der Waals surface area contributed by atoms with Gasteiger partial charge >= 0.3 is 5.97 Å². The standard InChI is InChI=1S/C28H42O3/c1-10-13-20(2)14-11-15-21(3)16-12-17-22(4)18-23(5)19-24(6)28(30)25(7)26(8)31-27(9)29/h10-19,23,25-26,28,30H,1-9H3. The molecule has 0 aromatic rings. The Balaban J connectivity index is 4.97. The van der Waals surface area contributed by atoms with E-state index in [1.807, 2.05) is 33.8 Å². The highest BCUT2D eigenvalue weighted by Crippen LogP contribution is 2.20. The van der Waals surface area contributed by atoms with Crippen molar-refractivity contribution in [1.29, 1.82) is 0 Å². The van der Waals surface area contributed by atoms with E-state index < -0.39 is 6.10 Å². The fourth-order valence-corrected chi connectivity index (χ4v) is 3.15. The highest BCUT2D eigenvalue weighted by Gasteiger charge is 2.24. The van der Waals surface area contributed by atoms with Gasteiger partial charge in [-0.3, -0.25) is 4.79 Å². The van der Waals surface area contributed by atoms with E-state index in [0.717, 1.165) is 11.1 Å². The van der Waals surface area contributed by atoms with Crippen molar-refractivity contribution < 1.29 is 14.6 Å². The summed E-state index contributed by atoms with van der Waals surface area (Å²) in [6, 6.07) is 0. The first-order valence-corrected chi connectivity index (χ1v) is 11.0. The van der Waals surface area contributed by atoms with Gasteiger partial charge in [-0.25, -0.2) is 0 Å². The number of carbonyl (C=O) groups excluding carboxylic acids is 1. The average Bonchev–Trinajstić information content (AvgIpc) is 2.66. The predicted molar refractivity (Wildman–Crippen MR) is 134 cm³/mol. The summed E-state index contributed by atoms with van der Waals surface area (Å²) in [4.78, 5) is 11.1. The molecule has 0 amide bonds. The lowest BCUT2D eigenvalue weighted by Gasteiger charge is -2.25. The van der Waals surface area contributed by atoms with Crippen molar-refractivity contribution in [1.82, 2.24) is 0 Å². The van der Waals surface area contributed by atoms with Crippen LogP contribution in [0.2, 0.25) is 0 Å². The lowest BCUT2D eigenvalue weighted by Crippen LogP contribution is -2.31. The van der Waals surface area contributed by atoms with E-state index in [9.17, 15) is 9.90 Å². The molecule has 4 atom stereocenters. The second kappa shape index (κ2) is 15.4. The molecule has 0 aromatic heterocycles. The number of hydrogen-bond acceptors (Lipinski definition) is 3.